The molecule has 0 saturated carbocycles. The van der Waals surface area contributed by atoms with Crippen molar-refractivity contribution < 1.29 is 57.1 Å². The summed E-state index contributed by atoms with van der Waals surface area (Å²) < 4.78 is 15.8. The molecular formula is C30H29N7O12S2. The maximum atomic E-state index is 14.7. The van der Waals surface area contributed by atoms with E-state index in [2.05, 4.69) is 20.9 Å². The highest BCUT2D eigenvalue weighted by atomic mass is 32.2. The van der Waals surface area contributed by atoms with Gasteiger partial charge in [-0.3, -0.25) is 33.8 Å². The maximum absolute atomic E-state index is 14.7. The number of β-lactam (4-membered cyclic amide) rings is 1. The summed E-state index contributed by atoms with van der Waals surface area (Å²) in [6, 6.07) is 3.15. The van der Waals surface area contributed by atoms with Gasteiger partial charge in [0.05, 0.1) is 19.1 Å². The van der Waals surface area contributed by atoms with Gasteiger partial charge in [-0.15, -0.1) is 23.5 Å². The SMILES string of the molecule is CO/N=C(\C(=O)NC(C(N)=O)[C@H]1SCC2=C(C(=O)OC2)N1C(=O)C1=C(CO)CS[C@@H]2[C@H](NC(=O)/C(=N\OC)c3ccco3)C(=O)N12)c1ccco1. The molecule has 6 heterocycles. The molecule has 19 nitrogen and oxygen atoms in total. The number of fused-ring (bicyclic) bond motifs is 1. The van der Waals surface area contributed by atoms with Gasteiger partial charge >= 0.3 is 5.97 Å². The number of rotatable bonds is 12. The minimum Gasteiger partial charge on any atom is -0.462 e. The quantitative estimate of drug-likeness (QED) is 0.0845. The number of hydrogen-bond donors (Lipinski definition) is 4. The van der Waals surface area contributed by atoms with Crippen molar-refractivity contribution in [2.24, 2.45) is 16.0 Å². The number of nitrogens with one attached hydrogen (secondary N) is 2. The molecule has 0 radical (unpaired) electrons. The van der Waals surface area contributed by atoms with Gasteiger partial charge in [-0.25, -0.2) is 4.79 Å². The topological polar surface area (TPSA) is 258 Å². The zero-order valence-corrected chi connectivity index (χ0v) is 28.4. The zero-order valence-electron chi connectivity index (χ0n) is 26.7. The summed E-state index contributed by atoms with van der Waals surface area (Å²) in [5.74, 6) is -5.14. The Morgan fingerprint density at radius 1 is 1.02 bits per heavy atom. The second-order valence-corrected chi connectivity index (χ2v) is 13.1. The number of primary amides is 1. The van der Waals surface area contributed by atoms with Crippen molar-refractivity contribution in [1.82, 2.24) is 20.4 Å². The minimum absolute atomic E-state index is 0.00244. The van der Waals surface area contributed by atoms with Gasteiger partial charge < -0.3 is 44.7 Å². The van der Waals surface area contributed by atoms with Gasteiger partial charge in [0, 0.05) is 17.1 Å². The molecule has 0 aromatic carbocycles. The number of oxime groups is 2. The van der Waals surface area contributed by atoms with Crippen LogP contribution in [0.25, 0.3) is 0 Å². The van der Waals surface area contributed by atoms with E-state index in [1.807, 2.05) is 0 Å². The predicted octanol–water partition coefficient (Wildman–Crippen LogP) is -1.40. The van der Waals surface area contributed by atoms with Gasteiger partial charge in [0.15, 0.2) is 11.5 Å². The smallest absolute Gasteiger partial charge is 0.355 e. The van der Waals surface area contributed by atoms with E-state index in [1.54, 1.807) is 0 Å². The molecule has 2 aromatic heterocycles. The molecule has 5 amide bonds. The molecule has 1 fully saturated rings. The number of thioether (sulfide) groups is 2. The van der Waals surface area contributed by atoms with E-state index in [1.165, 1.54) is 62.8 Å². The number of cyclic esters (lactones) is 1. The number of carbonyl (C=O) groups excluding carboxylic acids is 6. The highest BCUT2D eigenvalue weighted by Gasteiger charge is 2.57. The van der Waals surface area contributed by atoms with Crippen LogP contribution in [0.4, 0.5) is 0 Å². The lowest BCUT2D eigenvalue weighted by Crippen LogP contribution is -2.72. The van der Waals surface area contributed by atoms with Crippen molar-refractivity contribution in [2.75, 3.05) is 38.9 Å². The molecule has 4 atom stereocenters. The highest BCUT2D eigenvalue weighted by molar-refractivity contribution is 8.00. The lowest BCUT2D eigenvalue weighted by atomic mass is 10.0. The van der Waals surface area contributed by atoms with Crippen LogP contribution in [-0.4, -0.2) is 124 Å². The van der Waals surface area contributed by atoms with Crippen molar-refractivity contribution in [3.05, 3.63) is 70.9 Å². The average Bonchev–Trinajstić information content (AvgIpc) is 3.93. The monoisotopic (exact) mass is 743 g/mol. The van der Waals surface area contributed by atoms with Gasteiger partial charge in [0.1, 0.15) is 55.1 Å². The first-order valence-electron chi connectivity index (χ1n) is 14.9. The second kappa shape index (κ2) is 14.7. The Kier molecular flexibility index (Phi) is 10.2. The molecule has 21 heteroatoms. The summed E-state index contributed by atoms with van der Waals surface area (Å²) in [6.07, 6.45) is 2.61. The van der Waals surface area contributed by atoms with E-state index in [9.17, 15) is 33.9 Å². The zero-order chi connectivity index (χ0) is 36.4. The first-order chi connectivity index (χ1) is 24.6. The highest BCUT2D eigenvalue weighted by Crippen LogP contribution is 2.44. The lowest BCUT2D eigenvalue weighted by Gasteiger charge is -2.51. The van der Waals surface area contributed by atoms with Gasteiger partial charge in [0.25, 0.3) is 23.6 Å². The summed E-state index contributed by atoms with van der Waals surface area (Å²) in [4.78, 5) is 92.8. The molecular weight excluding hydrogens is 715 g/mol. The van der Waals surface area contributed by atoms with E-state index >= 15 is 0 Å². The Morgan fingerprint density at radius 2 is 1.67 bits per heavy atom. The average molecular weight is 744 g/mol. The van der Waals surface area contributed by atoms with Gasteiger partial charge in [0.2, 0.25) is 17.3 Å². The first kappa shape index (κ1) is 35.3. The normalized spacial score (nSPS) is 22.5. The van der Waals surface area contributed by atoms with Gasteiger partial charge in [-0.1, -0.05) is 10.3 Å². The number of hydrogen-bond acceptors (Lipinski definition) is 16. The van der Waals surface area contributed by atoms with Crippen LogP contribution >= 0.6 is 23.5 Å². The minimum atomic E-state index is -1.64. The number of esters is 1. The second-order valence-electron chi connectivity index (χ2n) is 10.9. The predicted molar refractivity (Wildman–Crippen MR) is 176 cm³/mol. The van der Waals surface area contributed by atoms with Crippen molar-refractivity contribution >= 4 is 70.5 Å². The molecule has 1 unspecified atom stereocenters. The fraction of sp³-hybridized carbons (Fsp3) is 0.333. The molecule has 1 saturated heterocycles. The Balaban J connectivity index is 1.32. The molecule has 4 aliphatic heterocycles. The number of nitrogens with zero attached hydrogens (tertiary/aromatic N) is 4. The van der Waals surface area contributed by atoms with E-state index in [-0.39, 0.29) is 58.0 Å². The Bertz CT molecular complexity index is 1890. The largest absolute Gasteiger partial charge is 0.462 e. The third-order valence-corrected chi connectivity index (χ3v) is 10.6. The summed E-state index contributed by atoms with van der Waals surface area (Å²) >= 11 is 2.18. The number of aliphatic hydroxyl groups excluding tert-OH is 1. The third-order valence-electron chi connectivity index (χ3n) is 7.96. The van der Waals surface area contributed by atoms with E-state index in [4.69, 9.17) is 29.0 Å². The summed E-state index contributed by atoms with van der Waals surface area (Å²) in [6.45, 7) is -0.792. The molecule has 51 heavy (non-hydrogen) atoms. The van der Waals surface area contributed by atoms with Gasteiger partial charge in [-0.05, 0) is 29.8 Å². The molecule has 6 rings (SSSR count). The fourth-order valence-electron chi connectivity index (χ4n) is 5.69. The molecule has 5 N–H and O–H groups in total. The van der Waals surface area contributed by atoms with E-state index in [0.29, 0.717) is 5.57 Å². The van der Waals surface area contributed by atoms with Crippen LogP contribution in [-0.2, 0) is 43.2 Å². The van der Waals surface area contributed by atoms with E-state index < -0.39 is 64.9 Å². The number of ether oxygens (including phenoxy) is 1. The molecule has 0 spiro atoms. The summed E-state index contributed by atoms with van der Waals surface area (Å²) in [7, 11) is 2.43. The number of nitrogens with two attached hydrogens (primary N) is 1. The molecule has 4 aliphatic rings. The summed E-state index contributed by atoms with van der Waals surface area (Å²) in [5.41, 5.74) is 5.26. The third kappa shape index (κ3) is 6.45. The number of furan rings is 2. The maximum Gasteiger partial charge on any atom is 0.355 e. The summed E-state index contributed by atoms with van der Waals surface area (Å²) in [5, 5.41) is 20.6. The fourth-order valence-corrected chi connectivity index (χ4v) is 8.36. The number of carbonyl (C=O) groups is 6. The van der Waals surface area contributed by atoms with Crippen LogP contribution in [0, 0.1) is 0 Å². The Hall–Kier alpha value is -5.54. The van der Waals surface area contributed by atoms with E-state index in [0.717, 1.165) is 21.6 Å². The lowest BCUT2D eigenvalue weighted by molar-refractivity contribution is -0.149. The number of amides is 5. The Labute approximate surface area is 296 Å². The molecule has 0 aliphatic carbocycles. The van der Waals surface area contributed by atoms with Crippen molar-refractivity contribution in [3.63, 3.8) is 0 Å². The van der Waals surface area contributed by atoms with Crippen LogP contribution < -0.4 is 16.4 Å². The van der Waals surface area contributed by atoms with Crippen LogP contribution in [0.15, 0.2) is 78.5 Å². The standard InChI is InChI=1S/C30H29N7O12S2/c1-45-34-17(15-5-3-7-47-15)24(40)32-19(23(31)39)28-37(22-14(12-51-28)10-49-30(22)44)27(43)21-13(9-38)11-50-29-20(26(42)36(21)29)33-25(41)18(35-46-2)16-6-4-8-48-16/h3-8,19-20,28-29,38H,9-12H2,1-2H3,(H2,31,39)(H,32,40)(H,33,41)/b34-17-,35-18-/t19?,20-,28-,29-/m1/s1. The van der Waals surface area contributed by atoms with Crippen molar-refractivity contribution in [3.8, 4) is 0 Å². The molecule has 2 aromatic rings. The van der Waals surface area contributed by atoms with Crippen LogP contribution in [0.5, 0.6) is 0 Å². The Morgan fingerprint density at radius 3 is 2.24 bits per heavy atom. The van der Waals surface area contributed by atoms with Crippen LogP contribution in [0.3, 0.4) is 0 Å². The number of aliphatic hydroxyl groups is 1. The van der Waals surface area contributed by atoms with Gasteiger partial charge in [-0.2, -0.15) is 0 Å². The first-order valence-corrected chi connectivity index (χ1v) is 17.0. The molecule has 268 valence electrons. The van der Waals surface area contributed by atoms with Crippen molar-refractivity contribution in [2.45, 2.75) is 22.8 Å². The van der Waals surface area contributed by atoms with Crippen LogP contribution in [0.1, 0.15) is 11.5 Å². The van der Waals surface area contributed by atoms with Crippen molar-refractivity contribution in [1.29, 1.82) is 0 Å². The van der Waals surface area contributed by atoms with Crippen LogP contribution in [0.2, 0.25) is 0 Å². The molecule has 0 bridgehead atoms.